The maximum absolute atomic E-state index is 6.09. The predicted octanol–water partition coefficient (Wildman–Crippen LogP) is 3.18. The van der Waals surface area contributed by atoms with Gasteiger partial charge in [-0.25, -0.2) is 0 Å². The van der Waals surface area contributed by atoms with E-state index in [2.05, 4.69) is 10.2 Å². The lowest BCUT2D eigenvalue weighted by atomic mass is 10.2. The summed E-state index contributed by atoms with van der Waals surface area (Å²) in [5.41, 5.74) is 11.9. The Morgan fingerprint density at radius 3 is 2.27 bits per heavy atom. The molecule has 0 aromatic heterocycles. The molecule has 5 nitrogen and oxygen atoms in total. The van der Waals surface area contributed by atoms with Gasteiger partial charge in [0.15, 0.2) is 0 Å². The molecule has 4 N–H and O–H groups in total. The molecule has 0 spiro atoms. The molecule has 2 aromatic rings. The van der Waals surface area contributed by atoms with Gasteiger partial charge >= 0.3 is 0 Å². The fourth-order valence-electron chi connectivity index (χ4n) is 1.64. The Labute approximate surface area is 138 Å². The number of hydrogen-bond acceptors (Lipinski definition) is 3. The summed E-state index contributed by atoms with van der Waals surface area (Å²) < 4.78 is 5.67. The molecular weight excluding hydrogens is 323 g/mol. The predicted molar refractivity (Wildman–Crippen MR) is 90.6 cm³/mol. The standard InChI is InChI=1S/C15H14Cl2N4O/c16-13-2-1-3-14(17)12(13)9-22-11-6-4-10(5-7-11)8-20-21-15(18)19/h1-8H,9H2,(H4,18,19,21). The minimum atomic E-state index is -0.0900. The highest BCUT2D eigenvalue weighted by Gasteiger charge is 2.06. The first-order chi connectivity index (χ1) is 10.6. The summed E-state index contributed by atoms with van der Waals surface area (Å²) in [5.74, 6) is 0.600. The third-order valence-corrected chi connectivity index (χ3v) is 3.41. The van der Waals surface area contributed by atoms with E-state index < -0.39 is 0 Å². The summed E-state index contributed by atoms with van der Waals surface area (Å²) in [6.07, 6.45) is 1.54. The van der Waals surface area contributed by atoms with Crippen LogP contribution in [0, 0.1) is 0 Å². The Morgan fingerprint density at radius 2 is 1.68 bits per heavy atom. The lowest BCUT2D eigenvalue weighted by Crippen LogP contribution is -2.21. The zero-order chi connectivity index (χ0) is 15.9. The van der Waals surface area contributed by atoms with Crippen LogP contribution in [0.4, 0.5) is 0 Å². The Bertz CT molecular complexity index is 675. The molecule has 2 aromatic carbocycles. The summed E-state index contributed by atoms with van der Waals surface area (Å²) >= 11 is 12.2. The van der Waals surface area contributed by atoms with Gasteiger partial charge in [-0.3, -0.25) is 0 Å². The maximum atomic E-state index is 6.09. The Morgan fingerprint density at radius 1 is 1.05 bits per heavy atom. The quantitative estimate of drug-likeness (QED) is 0.499. The second-order valence-corrected chi connectivity index (χ2v) is 5.14. The van der Waals surface area contributed by atoms with Crippen molar-refractivity contribution in [3.8, 4) is 5.75 Å². The van der Waals surface area contributed by atoms with Gasteiger partial charge in [-0.15, -0.1) is 5.10 Å². The van der Waals surface area contributed by atoms with Crippen LogP contribution in [0.3, 0.4) is 0 Å². The van der Waals surface area contributed by atoms with E-state index in [9.17, 15) is 0 Å². The molecule has 0 aliphatic heterocycles. The first-order valence-corrected chi connectivity index (χ1v) is 7.09. The van der Waals surface area contributed by atoms with E-state index >= 15 is 0 Å². The van der Waals surface area contributed by atoms with Gasteiger partial charge in [-0.2, -0.15) is 5.10 Å². The molecule has 22 heavy (non-hydrogen) atoms. The molecule has 0 bridgehead atoms. The molecule has 0 unspecified atom stereocenters. The number of nitrogens with two attached hydrogens (primary N) is 2. The van der Waals surface area contributed by atoms with Crippen LogP contribution >= 0.6 is 23.2 Å². The lowest BCUT2D eigenvalue weighted by Gasteiger charge is -2.09. The van der Waals surface area contributed by atoms with Gasteiger partial charge < -0.3 is 16.2 Å². The number of benzene rings is 2. The molecule has 0 amide bonds. The van der Waals surface area contributed by atoms with E-state index in [0.717, 1.165) is 11.1 Å². The summed E-state index contributed by atoms with van der Waals surface area (Å²) in [6, 6.07) is 12.6. The number of ether oxygens (including phenoxy) is 1. The van der Waals surface area contributed by atoms with Crippen LogP contribution in [-0.2, 0) is 6.61 Å². The second kappa shape index (κ2) is 7.68. The van der Waals surface area contributed by atoms with Crippen LogP contribution in [0.1, 0.15) is 11.1 Å². The molecule has 0 atom stereocenters. The summed E-state index contributed by atoms with van der Waals surface area (Å²) in [7, 11) is 0. The van der Waals surface area contributed by atoms with Crippen molar-refractivity contribution in [2.45, 2.75) is 6.61 Å². The highest BCUT2D eigenvalue weighted by Crippen LogP contribution is 2.25. The van der Waals surface area contributed by atoms with Gasteiger partial charge in [0, 0.05) is 15.6 Å². The van der Waals surface area contributed by atoms with Gasteiger partial charge in [0.05, 0.1) is 6.21 Å². The first-order valence-electron chi connectivity index (χ1n) is 6.34. The number of hydrogen-bond donors (Lipinski definition) is 2. The third-order valence-electron chi connectivity index (χ3n) is 2.70. The molecule has 0 fully saturated rings. The molecule has 0 radical (unpaired) electrons. The number of rotatable bonds is 5. The van der Waals surface area contributed by atoms with Crippen LogP contribution in [-0.4, -0.2) is 12.2 Å². The van der Waals surface area contributed by atoms with Crippen molar-refractivity contribution in [1.29, 1.82) is 0 Å². The number of nitrogens with zero attached hydrogens (tertiary/aromatic N) is 2. The Hall–Kier alpha value is -2.24. The molecule has 0 aliphatic rings. The third kappa shape index (κ3) is 4.65. The second-order valence-electron chi connectivity index (χ2n) is 4.33. The van der Waals surface area contributed by atoms with Gasteiger partial charge in [0.1, 0.15) is 12.4 Å². The van der Waals surface area contributed by atoms with Crippen molar-refractivity contribution in [3.05, 3.63) is 63.6 Å². The molecule has 2 rings (SSSR count). The van der Waals surface area contributed by atoms with Gasteiger partial charge in [0.25, 0.3) is 0 Å². The van der Waals surface area contributed by atoms with E-state index in [1.807, 2.05) is 24.3 Å². The summed E-state index contributed by atoms with van der Waals surface area (Å²) in [6.45, 7) is 0.292. The van der Waals surface area contributed by atoms with Crippen molar-refractivity contribution in [1.82, 2.24) is 0 Å². The fraction of sp³-hybridized carbons (Fsp3) is 0.0667. The van der Waals surface area contributed by atoms with Crippen LogP contribution in [0.15, 0.2) is 52.7 Å². The topological polar surface area (TPSA) is 86.0 Å². The Balaban J connectivity index is 2.00. The molecular formula is C15H14Cl2N4O. The molecule has 0 saturated carbocycles. The highest BCUT2D eigenvalue weighted by molar-refractivity contribution is 6.35. The summed E-state index contributed by atoms with van der Waals surface area (Å²) in [5, 5.41) is 8.40. The molecule has 0 aliphatic carbocycles. The van der Waals surface area contributed by atoms with Crippen molar-refractivity contribution in [3.63, 3.8) is 0 Å². The summed E-state index contributed by atoms with van der Waals surface area (Å²) in [4.78, 5) is 0. The Kier molecular flexibility index (Phi) is 5.63. The van der Waals surface area contributed by atoms with Crippen molar-refractivity contribution in [2.75, 3.05) is 0 Å². The van der Waals surface area contributed by atoms with Crippen LogP contribution in [0.25, 0.3) is 0 Å². The van der Waals surface area contributed by atoms with E-state index in [0.29, 0.717) is 22.4 Å². The van der Waals surface area contributed by atoms with Crippen molar-refractivity contribution >= 4 is 35.4 Å². The van der Waals surface area contributed by atoms with Gasteiger partial charge in [-0.05, 0) is 42.0 Å². The van der Waals surface area contributed by atoms with Crippen LogP contribution in [0.5, 0.6) is 5.75 Å². The van der Waals surface area contributed by atoms with Gasteiger partial charge in [-0.1, -0.05) is 29.3 Å². The number of guanidine groups is 1. The highest BCUT2D eigenvalue weighted by atomic mass is 35.5. The largest absolute Gasteiger partial charge is 0.489 e. The first kappa shape index (κ1) is 16.1. The lowest BCUT2D eigenvalue weighted by molar-refractivity contribution is 0.306. The fourth-order valence-corrected chi connectivity index (χ4v) is 2.14. The molecule has 0 heterocycles. The van der Waals surface area contributed by atoms with Gasteiger partial charge in [0.2, 0.25) is 5.96 Å². The van der Waals surface area contributed by atoms with E-state index in [4.69, 9.17) is 39.4 Å². The minimum absolute atomic E-state index is 0.0900. The molecule has 7 heteroatoms. The van der Waals surface area contributed by atoms with E-state index in [1.165, 1.54) is 6.21 Å². The average Bonchev–Trinajstić information content (AvgIpc) is 2.48. The number of halogens is 2. The molecule has 114 valence electrons. The van der Waals surface area contributed by atoms with E-state index in [1.54, 1.807) is 18.2 Å². The zero-order valence-corrected chi connectivity index (χ0v) is 13.1. The van der Waals surface area contributed by atoms with Crippen LogP contribution < -0.4 is 16.2 Å². The maximum Gasteiger partial charge on any atom is 0.211 e. The zero-order valence-electron chi connectivity index (χ0n) is 11.5. The van der Waals surface area contributed by atoms with Crippen LogP contribution in [0.2, 0.25) is 10.0 Å². The van der Waals surface area contributed by atoms with Crippen molar-refractivity contribution < 1.29 is 4.74 Å². The van der Waals surface area contributed by atoms with E-state index in [-0.39, 0.29) is 5.96 Å². The normalized spacial score (nSPS) is 10.6. The smallest absolute Gasteiger partial charge is 0.211 e. The SMILES string of the molecule is NC(N)=NN=Cc1ccc(OCc2c(Cl)cccc2Cl)cc1. The monoisotopic (exact) mass is 336 g/mol. The van der Waals surface area contributed by atoms with Crippen molar-refractivity contribution in [2.24, 2.45) is 21.7 Å². The molecule has 0 saturated heterocycles. The average molecular weight is 337 g/mol. The minimum Gasteiger partial charge on any atom is -0.489 e.